The van der Waals surface area contributed by atoms with Crippen LogP contribution in [-0.4, -0.2) is 85.8 Å². The number of aromatic nitrogens is 4. The van der Waals surface area contributed by atoms with Crippen LogP contribution in [0.3, 0.4) is 0 Å². The van der Waals surface area contributed by atoms with Crippen LogP contribution in [0, 0.1) is 5.92 Å². The second kappa shape index (κ2) is 12.1. The SMILES string of the molecule is C[C@@H]1CN([C@@H](C)CO)C(=O)CCCn2cc(nn2)CO[C@H]1CN(C)C(=O)c1cc(-c2ccccc2)on1. The molecule has 2 bridgehead atoms. The van der Waals surface area contributed by atoms with Crippen LogP contribution >= 0.6 is 0 Å². The molecule has 0 fully saturated rings. The maximum Gasteiger partial charge on any atom is 0.275 e. The summed E-state index contributed by atoms with van der Waals surface area (Å²) in [4.78, 5) is 29.5. The van der Waals surface area contributed by atoms with Crippen molar-refractivity contribution in [3.63, 3.8) is 0 Å². The average molecular weight is 511 g/mol. The lowest BCUT2D eigenvalue weighted by molar-refractivity contribution is -0.136. The number of amides is 2. The molecule has 198 valence electrons. The number of carbonyl (C=O) groups is 2. The summed E-state index contributed by atoms with van der Waals surface area (Å²) in [5.74, 6) is 0.0416. The van der Waals surface area contributed by atoms with Crippen LogP contribution in [0.4, 0.5) is 0 Å². The van der Waals surface area contributed by atoms with Crippen molar-refractivity contribution in [1.82, 2.24) is 30.0 Å². The molecule has 0 saturated heterocycles. The highest BCUT2D eigenvalue weighted by Crippen LogP contribution is 2.22. The lowest BCUT2D eigenvalue weighted by Crippen LogP contribution is -2.47. The third kappa shape index (κ3) is 6.60. The Hall–Kier alpha value is -3.57. The van der Waals surface area contributed by atoms with Crippen molar-refractivity contribution in [2.24, 2.45) is 5.92 Å². The Balaban J connectivity index is 1.51. The highest BCUT2D eigenvalue weighted by Gasteiger charge is 2.29. The predicted octanol–water partition coefficient (Wildman–Crippen LogP) is 2.23. The van der Waals surface area contributed by atoms with Crippen molar-refractivity contribution in [1.29, 1.82) is 0 Å². The van der Waals surface area contributed by atoms with E-state index in [1.165, 1.54) is 0 Å². The van der Waals surface area contributed by atoms with Gasteiger partial charge in [-0.25, -0.2) is 0 Å². The molecular weight excluding hydrogens is 476 g/mol. The number of nitrogens with zero attached hydrogens (tertiary/aromatic N) is 6. The number of carbonyl (C=O) groups excluding carboxylic acids is 2. The summed E-state index contributed by atoms with van der Waals surface area (Å²) >= 11 is 0. The Bertz CT molecular complexity index is 1180. The van der Waals surface area contributed by atoms with Gasteiger partial charge in [-0.1, -0.05) is 47.6 Å². The smallest absolute Gasteiger partial charge is 0.275 e. The normalized spacial score (nSPS) is 20.0. The van der Waals surface area contributed by atoms with Crippen molar-refractivity contribution >= 4 is 11.8 Å². The summed E-state index contributed by atoms with van der Waals surface area (Å²) in [5, 5.41) is 22.0. The number of fused-ring (bicyclic) bond motifs is 2. The average Bonchev–Trinajstić information content (AvgIpc) is 3.58. The van der Waals surface area contributed by atoms with E-state index in [0.717, 1.165) is 5.56 Å². The van der Waals surface area contributed by atoms with E-state index in [0.29, 0.717) is 37.4 Å². The molecule has 3 heterocycles. The quantitative estimate of drug-likeness (QED) is 0.535. The first-order valence-electron chi connectivity index (χ1n) is 12.5. The number of aliphatic hydroxyl groups excluding tert-OH is 1. The van der Waals surface area contributed by atoms with Gasteiger partial charge in [0.15, 0.2) is 11.5 Å². The maximum atomic E-state index is 13.2. The minimum Gasteiger partial charge on any atom is -0.394 e. The van der Waals surface area contributed by atoms with Gasteiger partial charge in [-0.05, 0) is 13.3 Å². The van der Waals surface area contributed by atoms with E-state index in [2.05, 4.69) is 15.5 Å². The van der Waals surface area contributed by atoms with E-state index in [1.807, 2.05) is 50.4 Å². The molecule has 3 atom stereocenters. The summed E-state index contributed by atoms with van der Waals surface area (Å²) in [6, 6.07) is 10.8. The van der Waals surface area contributed by atoms with E-state index < -0.39 is 6.10 Å². The molecule has 3 aromatic rings. The molecule has 2 amide bonds. The predicted molar refractivity (Wildman–Crippen MR) is 134 cm³/mol. The molecular formula is C26H34N6O5. The summed E-state index contributed by atoms with van der Waals surface area (Å²) in [6.45, 7) is 5.11. The van der Waals surface area contributed by atoms with E-state index in [9.17, 15) is 14.7 Å². The van der Waals surface area contributed by atoms with E-state index in [4.69, 9.17) is 9.26 Å². The summed E-state index contributed by atoms with van der Waals surface area (Å²) < 4.78 is 13.3. The third-order valence-corrected chi connectivity index (χ3v) is 6.63. The van der Waals surface area contributed by atoms with Crippen LogP contribution < -0.4 is 0 Å². The van der Waals surface area contributed by atoms with Gasteiger partial charge in [0, 0.05) is 50.7 Å². The fourth-order valence-corrected chi connectivity index (χ4v) is 4.36. The molecule has 1 aliphatic rings. The molecule has 1 aromatic carbocycles. The van der Waals surface area contributed by atoms with Crippen LogP contribution in [0.1, 0.15) is 42.9 Å². The number of aryl methyl sites for hydroxylation is 1. The van der Waals surface area contributed by atoms with E-state index >= 15 is 0 Å². The number of rotatable bonds is 6. The second-order valence-electron chi connectivity index (χ2n) is 9.61. The fraction of sp³-hybridized carbons (Fsp3) is 0.500. The van der Waals surface area contributed by atoms with Gasteiger partial charge in [-0.3, -0.25) is 14.3 Å². The first kappa shape index (κ1) is 26.5. The van der Waals surface area contributed by atoms with Crippen molar-refractivity contribution in [2.75, 3.05) is 26.7 Å². The summed E-state index contributed by atoms with van der Waals surface area (Å²) in [6.07, 6.45) is 2.36. The molecule has 0 spiro atoms. The van der Waals surface area contributed by atoms with Gasteiger partial charge in [-0.2, -0.15) is 0 Å². The number of aliphatic hydroxyl groups is 1. The molecule has 1 aliphatic heterocycles. The second-order valence-corrected chi connectivity index (χ2v) is 9.61. The lowest BCUT2D eigenvalue weighted by atomic mass is 10.0. The Morgan fingerprint density at radius 2 is 2.08 bits per heavy atom. The highest BCUT2D eigenvalue weighted by atomic mass is 16.5. The molecule has 11 nitrogen and oxygen atoms in total. The maximum absolute atomic E-state index is 13.2. The van der Waals surface area contributed by atoms with Crippen molar-refractivity contribution < 1.29 is 24.0 Å². The van der Waals surface area contributed by atoms with Crippen molar-refractivity contribution in [2.45, 2.75) is 52.0 Å². The monoisotopic (exact) mass is 510 g/mol. The van der Waals surface area contributed by atoms with Crippen molar-refractivity contribution in [3.05, 3.63) is 54.0 Å². The van der Waals surface area contributed by atoms with E-state index in [1.54, 1.807) is 27.6 Å². The molecule has 4 rings (SSSR count). The van der Waals surface area contributed by atoms with Crippen LogP contribution in [0.2, 0.25) is 0 Å². The van der Waals surface area contributed by atoms with Gasteiger partial charge in [-0.15, -0.1) is 5.10 Å². The highest BCUT2D eigenvalue weighted by molar-refractivity contribution is 5.93. The molecule has 0 unspecified atom stereocenters. The van der Waals surface area contributed by atoms with Crippen LogP contribution in [0.15, 0.2) is 47.1 Å². The van der Waals surface area contributed by atoms with E-state index in [-0.39, 0.29) is 49.2 Å². The van der Waals surface area contributed by atoms with Crippen LogP contribution in [0.25, 0.3) is 11.3 Å². The standard InChI is InChI=1S/C26H34N6O5/c1-18-13-32(19(2)16-33)25(34)10-7-11-31-14-21(27-29-31)17-36-24(18)15-30(3)26(35)22-12-23(37-28-22)20-8-5-4-6-9-20/h4-6,8-9,12,14,18-19,24,33H,7,10-11,13,15-17H2,1-3H3/t18-,19+,24+/m1/s1. The van der Waals surface area contributed by atoms with Crippen molar-refractivity contribution in [3.8, 4) is 11.3 Å². The Kier molecular flexibility index (Phi) is 8.67. The molecule has 0 saturated carbocycles. The summed E-state index contributed by atoms with van der Waals surface area (Å²) in [7, 11) is 1.69. The van der Waals surface area contributed by atoms with Crippen LogP contribution in [0.5, 0.6) is 0 Å². The molecule has 11 heteroatoms. The zero-order valence-corrected chi connectivity index (χ0v) is 21.5. The van der Waals surface area contributed by atoms with Gasteiger partial charge >= 0.3 is 0 Å². The first-order valence-corrected chi connectivity index (χ1v) is 12.5. The Labute approximate surface area is 216 Å². The number of hydrogen-bond donors (Lipinski definition) is 1. The van der Waals surface area contributed by atoms with Gasteiger partial charge in [0.05, 0.1) is 31.6 Å². The molecule has 0 aliphatic carbocycles. The molecule has 2 aromatic heterocycles. The molecule has 37 heavy (non-hydrogen) atoms. The molecule has 1 N–H and O–H groups in total. The Morgan fingerprint density at radius 3 is 2.84 bits per heavy atom. The minimum atomic E-state index is -0.415. The van der Waals surface area contributed by atoms with Crippen LogP contribution in [-0.2, 0) is 22.7 Å². The van der Waals surface area contributed by atoms with Gasteiger partial charge in [0.1, 0.15) is 5.69 Å². The zero-order chi connectivity index (χ0) is 26.4. The first-order chi connectivity index (χ1) is 17.9. The minimum absolute atomic E-state index is 0.0350. The number of benzene rings is 1. The molecule has 0 radical (unpaired) electrons. The lowest BCUT2D eigenvalue weighted by Gasteiger charge is -2.35. The van der Waals surface area contributed by atoms with Gasteiger partial charge in [0.25, 0.3) is 5.91 Å². The number of likely N-dealkylation sites (N-methyl/N-ethyl adjacent to an activating group) is 1. The fourth-order valence-electron chi connectivity index (χ4n) is 4.36. The Morgan fingerprint density at radius 1 is 1.30 bits per heavy atom. The number of hydrogen-bond acceptors (Lipinski definition) is 8. The topological polar surface area (TPSA) is 127 Å². The number of ether oxygens (including phenoxy) is 1. The van der Waals surface area contributed by atoms with Gasteiger partial charge in [0.2, 0.25) is 5.91 Å². The largest absolute Gasteiger partial charge is 0.394 e. The zero-order valence-electron chi connectivity index (χ0n) is 21.5. The third-order valence-electron chi connectivity index (χ3n) is 6.63. The van der Waals surface area contributed by atoms with Gasteiger partial charge < -0.3 is 24.2 Å². The summed E-state index contributed by atoms with van der Waals surface area (Å²) in [5.41, 5.74) is 1.72.